The van der Waals surface area contributed by atoms with E-state index >= 15 is 0 Å². The first-order chi connectivity index (χ1) is 10.1. The molecule has 1 aromatic carbocycles. The van der Waals surface area contributed by atoms with Gasteiger partial charge in [-0.1, -0.05) is 59.6 Å². The summed E-state index contributed by atoms with van der Waals surface area (Å²) in [6.07, 6.45) is 2.78. The Balaban J connectivity index is 2.14. The first kappa shape index (κ1) is 16.7. The lowest BCUT2D eigenvalue weighted by molar-refractivity contribution is -0.147. The Morgan fingerprint density at radius 1 is 1.29 bits per heavy atom. The van der Waals surface area contributed by atoms with Crippen LogP contribution >= 0.6 is 31.9 Å². The molecule has 1 aliphatic heterocycles. The number of hydrogen-bond donors (Lipinski definition) is 1. The molecule has 0 radical (unpaired) electrons. The van der Waals surface area contributed by atoms with Crippen molar-refractivity contribution in [1.29, 1.82) is 0 Å². The molecular formula is C16H19Br2NO2. The minimum atomic E-state index is -0.796. The predicted molar refractivity (Wildman–Crippen MR) is 91.4 cm³/mol. The first-order valence-electron chi connectivity index (χ1n) is 7.10. The van der Waals surface area contributed by atoms with Crippen molar-refractivity contribution < 1.29 is 9.53 Å². The van der Waals surface area contributed by atoms with Gasteiger partial charge in [0.1, 0.15) is 0 Å². The van der Waals surface area contributed by atoms with Gasteiger partial charge in [0.2, 0.25) is 5.72 Å². The molecule has 2 rings (SSSR count). The molecule has 1 atom stereocenters. The maximum Gasteiger partial charge on any atom is 0.337 e. The van der Waals surface area contributed by atoms with Gasteiger partial charge in [0, 0.05) is 6.54 Å². The monoisotopic (exact) mass is 415 g/mol. The number of alkyl halides is 1. The zero-order valence-electron chi connectivity index (χ0n) is 12.0. The summed E-state index contributed by atoms with van der Waals surface area (Å²) in [6, 6.07) is 10.1. The van der Waals surface area contributed by atoms with E-state index in [4.69, 9.17) is 4.74 Å². The van der Waals surface area contributed by atoms with Gasteiger partial charge in [-0.25, -0.2) is 4.79 Å². The van der Waals surface area contributed by atoms with Crippen molar-refractivity contribution >= 4 is 37.8 Å². The molecule has 0 aliphatic carbocycles. The number of ether oxygens (including phenoxy) is 1. The number of rotatable bonds is 7. The van der Waals surface area contributed by atoms with Crippen LogP contribution < -0.4 is 5.32 Å². The number of hydrogen-bond acceptors (Lipinski definition) is 3. The van der Waals surface area contributed by atoms with Crippen LogP contribution in [0.15, 0.2) is 40.4 Å². The Bertz CT molecular complexity index is 530. The van der Waals surface area contributed by atoms with Gasteiger partial charge in [0.25, 0.3) is 0 Å². The molecule has 1 heterocycles. The largest absolute Gasteiger partial charge is 0.435 e. The smallest absolute Gasteiger partial charge is 0.337 e. The van der Waals surface area contributed by atoms with Crippen LogP contribution in [0.3, 0.4) is 0 Å². The predicted octanol–water partition coefficient (Wildman–Crippen LogP) is 4.26. The van der Waals surface area contributed by atoms with Crippen molar-refractivity contribution in [3.63, 3.8) is 0 Å². The molecule has 0 spiro atoms. The normalized spacial score (nSPS) is 21.8. The Morgan fingerprint density at radius 3 is 2.62 bits per heavy atom. The SMILES string of the molecule is CCCCC1=C(Br)C(CBr)(NCc2ccccc2)OC1=O. The summed E-state index contributed by atoms with van der Waals surface area (Å²) in [5.41, 5.74) is 1.10. The highest BCUT2D eigenvalue weighted by atomic mass is 79.9. The van der Waals surface area contributed by atoms with Crippen LogP contribution in [0.1, 0.15) is 31.7 Å². The van der Waals surface area contributed by atoms with Gasteiger partial charge >= 0.3 is 5.97 Å². The summed E-state index contributed by atoms with van der Waals surface area (Å²) in [4.78, 5) is 12.1. The van der Waals surface area contributed by atoms with Crippen LogP contribution in [0.4, 0.5) is 0 Å². The van der Waals surface area contributed by atoms with E-state index in [0.29, 0.717) is 11.9 Å². The zero-order chi connectivity index (χ0) is 15.3. The Morgan fingerprint density at radius 2 is 2.00 bits per heavy atom. The molecule has 1 unspecified atom stereocenters. The average Bonchev–Trinajstić information content (AvgIpc) is 2.75. The summed E-state index contributed by atoms with van der Waals surface area (Å²) >= 11 is 7.04. The van der Waals surface area contributed by atoms with Crippen molar-refractivity contribution in [2.75, 3.05) is 5.33 Å². The van der Waals surface area contributed by atoms with Gasteiger partial charge in [-0.3, -0.25) is 5.32 Å². The van der Waals surface area contributed by atoms with E-state index in [-0.39, 0.29) is 5.97 Å². The molecule has 114 valence electrons. The molecule has 1 aliphatic rings. The number of halogens is 2. The van der Waals surface area contributed by atoms with Crippen LogP contribution in [0.25, 0.3) is 0 Å². The lowest BCUT2D eigenvalue weighted by Gasteiger charge is -2.28. The van der Waals surface area contributed by atoms with E-state index in [2.05, 4.69) is 44.1 Å². The van der Waals surface area contributed by atoms with Crippen LogP contribution in [-0.2, 0) is 16.1 Å². The Labute approximate surface area is 142 Å². The molecule has 0 amide bonds. The zero-order valence-corrected chi connectivity index (χ0v) is 15.2. The van der Waals surface area contributed by atoms with Crippen molar-refractivity contribution in [2.45, 2.75) is 38.5 Å². The molecule has 0 aromatic heterocycles. The molecule has 3 nitrogen and oxygen atoms in total. The van der Waals surface area contributed by atoms with Gasteiger partial charge in [-0.2, -0.15) is 0 Å². The van der Waals surface area contributed by atoms with Gasteiger partial charge in [0.05, 0.1) is 15.4 Å². The standard InChI is InChI=1S/C16H19Br2NO2/c1-2-3-9-13-14(18)16(11-17,21-15(13)20)19-10-12-7-5-4-6-8-12/h4-8,19H,2-3,9-11H2,1H3. The fourth-order valence-corrected chi connectivity index (χ4v) is 3.94. The fourth-order valence-electron chi connectivity index (χ4n) is 2.25. The van der Waals surface area contributed by atoms with Gasteiger partial charge in [0.15, 0.2) is 0 Å². The third-order valence-electron chi connectivity index (χ3n) is 3.52. The highest BCUT2D eigenvalue weighted by Gasteiger charge is 2.45. The lowest BCUT2D eigenvalue weighted by Crippen LogP contribution is -2.47. The number of carbonyl (C=O) groups excluding carboxylic acids is 1. The number of esters is 1. The van der Waals surface area contributed by atoms with Gasteiger partial charge in [-0.15, -0.1) is 0 Å². The Kier molecular flexibility index (Phi) is 6.02. The van der Waals surface area contributed by atoms with Crippen molar-refractivity contribution in [1.82, 2.24) is 5.32 Å². The average molecular weight is 417 g/mol. The number of nitrogens with one attached hydrogen (secondary N) is 1. The van der Waals surface area contributed by atoms with Gasteiger partial charge < -0.3 is 4.74 Å². The highest BCUT2D eigenvalue weighted by Crippen LogP contribution is 2.38. The van der Waals surface area contributed by atoms with Crippen molar-refractivity contribution in [3.05, 3.63) is 46.0 Å². The first-order valence-corrected chi connectivity index (χ1v) is 9.02. The third-order valence-corrected chi connectivity index (χ3v) is 5.43. The van der Waals surface area contributed by atoms with Crippen LogP contribution in [0.2, 0.25) is 0 Å². The molecule has 0 bridgehead atoms. The molecular weight excluding hydrogens is 398 g/mol. The van der Waals surface area contributed by atoms with E-state index in [1.54, 1.807) is 0 Å². The maximum atomic E-state index is 12.1. The van der Waals surface area contributed by atoms with E-state index < -0.39 is 5.72 Å². The summed E-state index contributed by atoms with van der Waals surface area (Å²) in [5.74, 6) is -0.227. The fraction of sp³-hybridized carbons (Fsp3) is 0.438. The quantitative estimate of drug-likeness (QED) is 0.533. The van der Waals surface area contributed by atoms with Crippen LogP contribution in [0, 0.1) is 0 Å². The Hall–Kier alpha value is -0.650. The molecule has 0 fully saturated rings. The van der Waals surface area contributed by atoms with E-state index in [1.165, 1.54) is 0 Å². The third kappa shape index (κ3) is 3.76. The number of cyclic esters (lactones) is 1. The lowest BCUT2D eigenvalue weighted by atomic mass is 10.1. The minimum Gasteiger partial charge on any atom is -0.435 e. The second-order valence-corrected chi connectivity index (χ2v) is 6.44. The van der Waals surface area contributed by atoms with E-state index in [9.17, 15) is 4.79 Å². The summed E-state index contributed by atoms with van der Waals surface area (Å²) in [6.45, 7) is 2.75. The molecule has 0 saturated heterocycles. The summed E-state index contributed by atoms with van der Waals surface area (Å²) < 4.78 is 6.44. The molecule has 0 saturated carbocycles. The number of unbranched alkanes of at least 4 members (excludes halogenated alkanes) is 1. The second-order valence-electron chi connectivity index (χ2n) is 5.09. The molecule has 5 heteroatoms. The number of benzene rings is 1. The number of carbonyl (C=O) groups is 1. The molecule has 1 N–H and O–H groups in total. The second kappa shape index (κ2) is 7.56. The van der Waals surface area contributed by atoms with E-state index in [0.717, 1.165) is 34.9 Å². The van der Waals surface area contributed by atoms with Crippen LogP contribution in [0.5, 0.6) is 0 Å². The molecule has 21 heavy (non-hydrogen) atoms. The topological polar surface area (TPSA) is 38.3 Å². The van der Waals surface area contributed by atoms with Crippen molar-refractivity contribution in [3.8, 4) is 0 Å². The van der Waals surface area contributed by atoms with Crippen LogP contribution in [-0.4, -0.2) is 17.0 Å². The van der Waals surface area contributed by atoms with Gasteiger partial charge in [-0.05, 0) is 34.3 Å². The molecule has 1 aromatic rings. The summed E-state index contributed by atoms with van der Waals surface area (Å²) in [7, 11) is 0. The van der Waals surface area contributed by atoms with E-state index in [1.807, 2.05) is 30.3 Å². The maximum absolute atomic E-state index is 12.1. The summed E-state index contributed by atoms with van der Waals surface area (Å²) in [5, 5.41) is 3.86. The minimum absolute atomic E-state index is 0.227. The van der Waals surface area contributed by atoms with Crippen molar-refractivity contribution in [2.24, 2.45) is 0 Å². The highest BCUT2D eigenvalue weighted by molar-refractivity contribution is 9.12.